The van der Waals surface area contributed by atoms with Gasteiger partial charge in [-0.15, -0.1) is 0 Å². The fraction of sp³-hybridized carbons (Fsp3) is 0.938. The van der Waals surface area contributed by atoms with Gasteiger partial charge >= 0.3 is 0 Å². The fourth-order valence-corrected chi connectivity index (χ4v) is 3.82. The predicted octanol–water partition coefficient (Wildman–Crippen LogP) is 4.70. The fourth-order valence-electron chi connectivity index (χ4n) is 2.43. The number of nitrogens with one attached hydrogen (secondary N) is 1. The molecular formula is C16H32N2S. The topological polar surface area (TPSA) is 24.4 Å². The number of thioether (sulfide) groups is 1. The minimum absolute atomic E-state index is 0.455. The van der Waals surface area contributed by atoms with Crippen molar-refractivity contribution in [3.05, 3.63) is 0 Å². The second-order valence-corrected chi connectivity index (χ2v) is 7.45. The van der Waals surface area contributed by atoms with Gasteiger partial charge in [0.1, 0.15) is 0 Å². The van der Waals surface area contributed by atoms with Crippen molar-refractivity contribution in [1.82, 2.24) is 5.32 Å². The van der Waals surface area contributed by atoms with Gasteiger partial charge in [-0.25, -0.2) is 0 Å². The molecule has 0 radical (unpaired) electrons. The predicted molar refractivity (Wildman–Crippen MR) is 89.1 cm³/mol. The molecule has 0 fully saturated rings. The van der Waals surface area contributed by atoms with Gasteiger partial charge in [-0.05, 0) is 37.5 Å². The van der Waals surface area contributed by atoms with E-state index < -0.39 is 0 Å². The molecule has 0 aromatic carbocycles. The summed E-state index contributed by atoms with van der Waals surface area (Å²) in [6.07, 6.45) is 6.40. The molecule has 0 saturated heterocycles. The summed E-state index contributed by atoms with van der Waals surface area (Å²) >= 11 is 1.93. The third kappa shape index (κ3) is 5.76. The Kier molecular flexibility index (Phi) is 7.27. The minimum atomic E-state index is 0.455. The van der Waals surface area contributed by atoms with Crippen molar-refractivity contribution in [3.63, 3.8) is 0 Å². The lowest BCUT2D eigenvalue weighted by Gasteiger charge is -2.34. The molecule has 0 bridgehead atoms. The van der Waals surface area contributed by atoms with Gasteiger partial charge in [-0.1, -0.05) is 52.3 Å². The Balaban J connectivity index is 2.32. The second kappa shape index (κ2) is 8.18. The molecular weight excluding hydrogens is 252 g/mol. The summed E-state index contributed by atoms with van der Waals surface area (Å²) in [6, 6.07) is 0.556. The first kappa shape index (κ1) is 16.9. The van der Waals surface area contributed by atoms with E-state index in [-0.39, 0.29) is 0 Å². The summed E-state index contributed by atoms with van der Waals surface area (Å²) < 4.78 is 0. The Morgan fingerprint density at radius 2 is 1.89 bits per heavy atom. The lowest BCUT2D eigenvalue weighted by atomic mass is 9.84. The maximum atomic E-state index is 4.78. The van der Waals surface area contributed by atoms with Crippen molar-refractivity contribution in [2.24, 2.45) is 16.3 Å². The Morgan fingerprint density at radius 3 is 2.37 bits per heavy atom. The molecule has 3 heteroatoms. The molecule has 0 aliphatic carbocycles. The summed E-state index contributed by atoms with van der Waals surface area (Å²) in [7, 11) is 0. The number of amidine groups is 1. The zero-order valence-corrected chi connectivity index (χ0v) is 14.3. The van der Waals surface area contributed by atoms with E-state index in [0.717, 1.165) is 12.5 Å². The highest BCUT2D eigenvalue weighted by Gasteiger charge is 2.30. The van der Waals surface area contributed by atoms with E-state index in [9.17, 15) is 0 Å². The lowest BCUT2D eigenvalue weighted by Crippen LogP contribution is -2.37. The number of nitrogens with zero attached hydrogens (tertiary/aromatic N) is 1. The van der Waals surface area contributed by atoms with Crippen molar-refractivity contribution < 1.29 is 0 Å². The first-order valence-corrected chi connectivity index (χ1v) is 8.93. The molecule has 1 aliphatic rings. The number of aliphatic imine (C=N–C) groups is 1. The van der Waals surface area contributed by atoms with Crippen LogP contribution in [0.4, 0.5) is 0 Å². The zero-order chi connectivity index (χ0) is 14.3. The van der Waals surface area contributed by atoms with E-state index in [4.69, 9.17) is 4.99 Å². The molecule has 0 amide bonds. The Morgan fingerprint density at radius 1 is 1.21 bits per heavy atom. The van der Waals surface area contributed by atoms with Crippen molar-refractivity contribution in [2.75, 3.05) is 12.3 Å². The normalized spacial score (nSPS) is 20.2. The van der Waals surface area contributed by atoms with E-state index in [1.54, 1.807) is 0 Å². The molecule has 1 rings (SSSR count). The molecule has 0 aromatic rings. The smallest absolute Gasteiger partial charge is 0.156 e. The molecule has 1 N–H and O–H groups in total. The molecule has 0 saturated carbocycles. The van der Waals surface area contributed by atoms with Gasteiger partial charge in [0, 0.05) is 18.3 Å². The average molecular weight is 285 g/mol. The van der Waals surface area contributed by atoms with Crippen LogP contribution in [0.2, 0.25) is 0 Å². The lowest BCUT2D eigenvalue weighted by molar-refractivity contribution is 0.318. The zero-order valence-electron chi connectivity index (χ0n) is 13.5. The molecule has 2 nitrogen and oxygen atoms in total. The van der Waals surface area contributed by atoms with E-state index in [1.807, 2.05) is 11.8 Å². The van der Waals surface area contributed by atoms with Crippen LogP contribution in [0.15, 0.2) is 4.99 Å². The molecule has 1 unspecified atom stereocenters. The van der Waals surface area contributed by atoms with Crippen LogP contribution in [0.25, 0.3) is 0 Å². The highest BCUT2D eigenvalue weighted by atomic mass is 32.2. The highest BCUT2D eigenvalue weighted by molar-refractivity contribution is 8.13. The van der Waals surface area contributed by atoms with E-state index >= 15 is 0 Å². The Hall–Kier alpha value is -0.180. The van der Waals surface area contributed by atoms with Crippen molar-refractivity contribution in [1.29, 1.82) is 0 Å². The van der Waals surface area contributed by atoms with Gasteiger partial charge < -0.3 is 5.32 Å². The van der Waals surface area contributed by atoms with Crippen LogP contribution in [-0.2, 0) is 0 Å². The Labute approximate surface area is 124 Å². The SMILES string of the molecule is CCC1(CC)CN=C(NC(C)CCCC(C)C)SC1. The summed E-state index contributed by atoms with van der Waals surface area (Å²) in [5.74, 6) is 2.05. The molecule has 0 spiro atoms. The monoisotopic (exact) mass is 284 g/mol. The van der Waals surface area contributed by atoms with Crippen molar-refractivity contribution in [2.45, 2.75) is 72.8 Å². The van der Waals surface area contributed by atoms with Crippen LogP contribution < -0.4 is 5.32 Å². The number of hydrogen-bond donors (Lipinski definition) is 1. The summed E-state index contributed by atoms with van der Waals surface area (Å²) in [6.45, 7) is 12.5. The first-order valence-electron chi connectivity index (χ1n) is 7.95. The van der Waals surface area contributed by atoms with E-state index in [2.05, 4.69) is 39.9 Å². The summed E-state index contributed by atoms with van der Waals surface area (Å²) in [4.78, 5) is 4.78. The molecule has 19 heavy (non-hydrogen) atoms. The van der Waals surface area contributed by atoms with Gasteiger partial charge in [-0.3, -0.25) is 4.99 Å². The van der Waals surface area contributed by atoms with Gasteiger partial charge in [0.05, 0.1) is 0 Å². The average Bonchev–Trinajstić information content (AvgIpc) is 2.39. The summed E-state index contributed by atoms with van der Waals surface area (Å²) in [5, 5.41) is 4.77. The van der Waals surface area contributed by atoms with Crippen LogP contribution in [-0.4, -0.2) is 23.5 Å². The molecule has 1 atom stereocenters. The van der Waals surface area contributed by atoms with Crippen LogP contribution in [0.1, 0.15) is 66.7 Å². The maximum Gasteiger partial charge on any atom is 0.156 e. The molecule has 0 aromatic heterocycles. The molecule has 1 heterocycles. The third-order valence-corrected chi connectivity index (χ3v) is 5.64. The second-order valence-electron chi connectivity index (χ2n) is 6.49. The van der Waals surface area contributed by atoms with Crippen molar-refractivity contribution >= 4 is 16.9 Å². The highest BCUT2D eigenvalue weighted by Crippen LogP contribution is 2.34. The van der Waals surface area contributed by atoms with Crippen LogP contribution in [0.5, 0.6) is 0 Å². The van der Waals surface area contributed by atoms with Gasteiger partial charge in [-0.2, -0.15) is 0 Å². The van der Waals surface area contributed by atoms with Gasteiger partial charge in [0.15, 0.2) is 5.17 Å². The quantitative estimate of drug-likeness (QED) is 0.733. The summed E-state index contributed by atoms with van der Waals surface area (Å²) in [5.41, 5.74) is 0.455. The largest absolute Gasteiger partial charge is 0.362 e. The number of rotatable bonds is 7. The van der Waals surface area contributed by atoms with Crippen LogP contribution in [0.3, 0.4) is 0 Å². The van der Waals surface area contributed by atoms with E-state index in [1.165, 1.54) is 43.0 Å². The van der Waals surface area contributed by atoms with Gasteiger partial charge in [0.2, 0.25) is 0 Å². The van der Waals surface area contributed by atoms with Gasteiger partial charge in [0.25, 0.3) is 0 Å². The molecule has 112 valence electrons. The number of hydrogen-bond acceptors (Lipinski definition) is 3. The molecule has 1 aliphatic heterocycles. The van der Waals surface area contributed by atoms with E-state index in [0.29, 0.717) is 11.5 Å². The van der Waals surface area contributed by atoms with Crippen LogP contribution in [0, 0.1) is 11.3 Å². The Bertz CT molecular complexity index is 282. The minimum Gasteiger partial charge on any atom is -0.362 e. The van der Waals surface area contributed by atoms with Crippen molar-refractivity contribution in [3.8, 4) is 0 Å². The third-order valence-electron chi connectivity index (χ3n) is 4.36. The van der Waals surface area contributed by atoms with Crippen LogP contribution >= 0.6 is 11.8 Å². The standard InChI is InChI=1S/C16H32N2S/c1-6-16(7-2)11-17-15(19-12-16)18-14(5)10-8-9-13(3)4/h13-14H,6-12H2,1-5H3,(H,17,18). The maximum absolute atomic E-state index is 4.78. The first-order chi connectivity index (χ1) is 9.01.